The highest BCUT2D eigenvalue weighted by atomic mass is 19.1. The number of nitrogen functional groups attached to an aromatic ring is 1. The second-order valence-corrected chi connectivity index (χ2v) is 3.58. The molecule has 2 aromatic rings. The molecule has 0 amide bonds. The quantitative estimate of drug-likeness (QED) is 0.827. The van der Waals surface area contributed by atoms with Gasteiger partial charge in [0.25, 0.3) is 0 Å². The van der Waals surface area contributed by atoms with Gasteiger partial charge in [-0.05, 0) is 18.2 Å². The molecule has 0 saturated carbocycles. The first-order valence-corrected chi connectivity index (χ1v) is 5.02. The Kier molecular flexibility index (Phi) is 3.11. The molecule has 2 N–H and O–H groups in total. The minimum Gasteiger partial charge on any atom is -0.457 e. The standard InChI is InChI=1S/C13H8F2N2O/c14-9-3-10(17)5-12(4-9)18-11-2-1-8(7-16)13(15)6-11/h1-6H,17H2. The maximum absolute atomic E-state index is 13.3. The van der Waals surface area contributed by atoms with Crippen molar-refractivity contribution < 1.29 is 13.5 Å². The first kappa shape index (κ1) is 11.9. The molecule has 2 rings (SSSR count). The van der Waals surface area contributed by atoms with Gasteiger partial charge >= 0.3 is 0 Å². The van der Waals surface area contributed by atoms with Crippen LogP contribution in [-0.2, 0) is 0 Å². The predicted molar refractivity (Wildman–Crippen MR) is 62.0 cm³/mol. The van der Waals surface area contributed by atoms with Crippen molar-refractivity contribution in [1.29, 1.82) is 5.26 Å². The van der Waals surface area contributed by atoms with E-state index < -0.39 is 11.6 Å². The van der Waals surface area contributed by atoms with E-state index in [0.29, 0.717) is 0 Å². The number of ether oxygens (including phenoxy) is 1. The number of anilines is 1. The van der Waals surface area contributed by atoms with E-state index in [1.165, 1.54) is 18.2 Å². The summed E-state index contributed by atoms with van der Waals surface area (Å²) in [6.45, 7) is 0. The number of benzene rings is 2. The van der Waals surface area contributed by atoms with Gasteiger partial charge in [0.1, 0.15) is 29.2 Å². The van der Waals surface area contributed by atoms with Crippen LogP contribution in [0.5, 0.6) is 11.5 Å². The number of halogens is 2. The van der Waals surface area contributed by atoms with Crippen LogP contribution in [0.15, 0.2) is 36.4 Å². The van der Waals surface area contributed by atoms with Crippen molar-refractivity contribution in [2.75, 3.05) is 5.73 Å². The van der Waals surface area contributed by atoms with E-state index in [-0.39, 0.29) is 22.7 Å². The van der Waals surface area contributed by atoms with E-state index in [4.69, 9.17) is 15.7 Å². The van der Waals surface area contributed by atoms with Crippen LogP contribution in [0.25, 0.3) is 0 Å². The van der Waals surface area contributed by atoms with Crippen molar-refractivity contribution in [3.63, 3.8) is 0 Å². The van der Waals surface area contributed by atoms with Crippen molar-refractivity contribution in [1.82, 2.24) is 0 Å². The molecule has 0 atom stereocenters. The molecule has 0 aliphatic heterocycles. The summed E-state index contributed by atoms with van der Waals surface area (Å²) in [5.41, 5.74) is 5.58. The second-order valence-electron chi connectivity index (χ2n) is 3.58. The van der Waals surface area contributed by atoms with Gasteiger partial charge in [-0.1, -0.05) is 0 Å². The zero-order valence-electron chi connectivity index (χ0n) is 9.15. The van der Waals surface area contributed by atoms with Gasteiger partial charge < -0.3 is 10.5 Å². The van der Waals surface area contributed by atoms with Gasteiger partial charge in [-0.25, -0.2) is 8.78 Å². The van der Waals surface area contributed by atoms with E-state index in [9.17, 15) is 8.78 Å². The summed E-state index contributed by atoms with van der Waals surface area (Å²) < 4.78 is 31.6. The zero-order chi connectivity index (χ0) is 13.1. The fourth-order valence-electron chi connectivity index (χ4n) is 1.43. The fraction of sp³-hybridized carbons (Fsp3) is 0. The van der Waals surface area contributed by atoms with Crippen LogP contribution in [0.1, 0.15) is 5.56 Å². The maximum atomic E-state index is 13.3. The van der Waals surface area contributed by atoms with Gasteiger partial charge in [-0.15, -0.1) is 0 Å². The van der Waals surface area contributed by atoms with Crippen LogP contribution in [0.3, 0.4) is 0 Å². The molecule has 0 aromatic heterocycles. The molecule has 3 nitrogen and oxygen atoms in total. The third-order valence-corrected chi connectivity index (χ3v) is 2.19. The van der Waals surface area contributed by atoms with Gasteiger partial charge in [0.15, 0.2) is 0 Å². The molecule has 0 aliphatic carbocycles. The molecule has 0 unspecified atom stereocenters. The molecule has 0 saturated heterocycles. The van der Waals surface area contributed by atoms with E-state index >= 15 is 0 Å². The molecule has 0 bridgehead atoms. The third kappa shape index (κ3) is 2.55. The molecule has 0 aliphatic rings. The van der Waals surface area contributed by atoms with Crippen LogP contribution >= 0.6 is 0 Å². The van der Waals surface area contributed by atoms with Crippen LogP contribution in [0, 0.1) is 23.0 Å². The first-order valence-electron chi connectivity index (χ1n) is 5.02. The number of rotatable bonds is 2. The Morgan fingerprint density at radius 1 is 1.06 bits per heavy atom. The lowest BCUT2D eigenvalue weighted by molar-refractivity contribution is 0.471. The van der Waals surface area contributed by atoms with E-state index in [1.54, 1.807) is 6.07 Å². The number of hydrogen-bond acceptors (Lipinski definition) is 3. The van der Waals surface area contributed by atoms with E-state index in [0.717, 1.165) is 18.2 Å². The first-order chi connectivity index (χ1) is 8.58. The number of nitrogens with zero attached hydrogens (tertiary/aromatic N) is 1. The lowest BCUT2D eigenvalue weighted by atomic mass is 10.2. The molecule has 0 radical (unpaired) electrons. The van der Waals surface area contributed by atoms with Gasteiger partial charge in [-0.2, -0.15) is 5.26 Å². The Morgan fingerprint density at radius 2 is 1.83 bits per heavy atom. The van der Waals surface area contributed by atoms with Crippen molar-refractivity contribution in [3.8, 4) is 17.6 Å². The van der Waals surface area contributed by atoms with Gasteiger partial charge in [0, 0.05) is 23.9 Å². The highest BCUT2D eigenvalue weighted by molar-refractivity contribution is 5.46. The summed E-state index contributed by atoms with van der Waals surface area (Å²) in [5.74, 6) is -0.911. The third-order valence-electron chi connectivity index (χ3n) is 2.19. The molecule has 18 heavy (non-hydrogen) atoms. The zero-order valence-corrected chi connectivity index (χ0v) is 9.15. The fourth-order valence-corrected chi connectivity index (χ4v) is 1.43. The average molecular weight is 246 g/mol. The van der Waals surface area contributed by atoms with Crippen LogP contribution < -0.4 is 10.5 Å². The van der Waals surface area contributed by atoms with Crippen LogP contribution in [0.4, 0.5) is 14.5 Å². The highest BCUT2D eigenvalue weighted by Gasteiger charge is 2.05. The summed E-state index contributed by atoms with van der Waals surface area (Å²) in [5, 5.41) is 8.57. The highest BCUT2D eigenvalue weighted by Crippen LogP contribution is 2.25. The largest absolute Gasteiger partial charge is 0.457 e. The normalized spacial score (nSPS) is 9.83. The summed E-state index contributed by atoms with van der Waals surface area (Å²) in [6, 6.07) is 9.15. The van der Waals surface area contributed by atoms with Crippen molar-refractivity contribution in [3.05, 3.63) is 53.6 Å². The lowest BCUT2D eigenvalue weighted by Gasteiger charge is -2.07. The summed E-state index contributed by atoms with van der Waals surface area (Å²) in [7, 11) is 0. The van der Waals surface area contributed by atoms with E-state index in [1.807, 2.05) is 0 Å². The Balaban J connectivity index is 2.29. The van der Waals surface area contributed by atoms with Crippen molar-refractivity contribution >= 4 is 5.69 Å². The molecule has 0 spiro atoms. The molecule has 90 valence electrons. The minimum atomic E-state index is -0.695. The van der Waals surface area contributed by atoms with Crippen molar-refractivity contribution in [2.24, 2.45) is 0 Å². The molecule has 0 fully saturated rings. The Morgan fingerprint density at radius 3 is 2.44 bits per heavy atom. The topological polar surface area (TPSA) is 59.0 Å². The maximum Gasteiger partial charge on any atom is 0.144 e. The monoisotopic (exact) mass is 246 g/mol. The minimum absolute atomic E-state index is 0.0823. The summed E-state index contributed by atoms with van der Waals surface area (Å²) >= 11 is 0. The summed E-state index contributed by atoms with van der Waals surface area (Å²) in [6.07, 6.45) is 0. The van der Waals surface area contributed by atoms with Gasteiger partial charge in [0.05, 0.1) is 5.56 Å². The molecule has 0 heterocycles. The summed E-state index contributed by atoms with van der Waals surface area (Å²) in [4.78, 5) is 0. The SMILES string of the molecule is N#Cc1ccc(Oc2cc(N)cc(F)c2)cc1F. The molecule has 2 aromatic carbocycles. The number of hydrogen-bond donors (Lipinski definition) is 1. The lowest BCUT2D eigenvalue weighted by Crippen LogP contribution is -1.91. The molecular weight excluding hydrogens is 238 g/mol. The average Bonchev–Trinajstić information content (AvgIpc) is 2.27. The number of nitrogens with two attached hydrogens (primary N) is 1. The van der Waals surface area contributed by atoms with Crippen LogP contribution in [-0.4, -0.2) is 0 Å². The Bertz CT molecular complexity index is 615. The molecular formula is C13H8F2N2O. The smallest absolute Gasteiger partial charge is 0.144 e. The van der Waals surface area contributed by atoms with E-state index in [2.05, 4.69) is 0 Å². The Labute approximate surface area is 102 Å². The Hall–Kier alpha value is -2.61. The second kappa shape index (κ2) is 4.72. The van der Waals surface area contributed by atoms with Crippen LogP contribution in [0.2, 0.25) is 0 Å². The van der Waals surface area contributed by atoms with Crippen molar-refractivity contribution in [2.45, 2.75) is 0 Å². The molecule has 5 heteroatoms. The van der Waals surface area contributed by atoms with Gasteiger partial charge in [-0.3, -0.25) is 0 Å². The predicted octanol–water partition coefficient (Wildman–Crippen LogP) is 3.21. The van der Waals surface area contributed by atoms with Gasteiger partial charge in [0.2, 0.25) is 0 Å². The number of nitriles is 1.